The second kappa shape index (κ2) is 10.1. The number of anilines is 2. The molecule has 0 atom stereocenters. The monoisotopic (exact) mass is 484 g/mol. The van der Waals surface area contributed by atoms with E-state index >= 15 is 0 Å². The van der Waals surface area contributed by atoms with Crippen LogP contribution in [0.15, 0.2) is 18.5 Å². The van der Waals surface area contributed by atoms with E-state index in [4.69, 9.17) is 19.8 Å². The van der Waals surface area contributed by atoms with Crippen LogP contribution in [0.1, 0.15) is 4.88 Å². The van der Waals surface area contributed by atoms with Crippen LogP contribution in [0, 0.1) is 0 Å². The summed E-state index contributed by atoms with van der Waals surface area (Å²) in [5.74, 6) is 1.88. The molecule has 3 aromatic rings. The van der Waals surface area contributed by atoms with Crippen LogP contribution in [0.2, 0.25) is 0 Å². The van der Waals surface area contributed by atoms with Crippen molar-refractivity contribution in [2.45, 2.75) is 6.54 Å². The standard InChI is InChI=1S/C22H28N8O3S/c1-23-22-24-11-15(12-25-22)19-26-20(30-6-8-33-9-7-30)17-10-16(34-21(17)27-19)13-28-2-4-29(5-3-28)18(32)14-31/h10-12,31H,2-9,13-14H2,1H3,(H,23,24,25). The van der Waals surface area contributed by atoms with Gasteiger partial charge in [-0.1, -0.05) is 0 Å². The van der Waals surface area contributed by atoms with Crippen molar-refractivity contribution in [3.05, 3.63) is 23.3 Å². The topological polar surface area (TPSA) is 120 Å². The van der Waals surface area contributed by atoms with Crippen LogP contribution < -0.4 is 10.2 Å². The Kier molecular flexibility index (Phi) is 6.81. The van der Waals surface area contributed by atoms with Crippen LogP contribution >= 0.6 is 11.3 Å². The Bertz CT molecular complexity index is 1140. The minimum absolute atomic E-state index is 0.203. The molecule has 5 heterocycles. The first-order valence-electron chi connectivity index (χ1n) is 11.4. The van der Waals surface area contributed by atoms with Gasteiger partial charge in [0, 0.05) is 70.1 Å². The maximum absolute atomic E-state index is 11.7. The third-order valence-corrected chi connectivity index (χ3v) is 7.12. The first-order chi connectivity index (χ1) is 16.6. The number of hydrogen-bond acceptors (Lipinski definition) is 11. The number of aromatic nitrogens is 4. The summed E-state index contributed by atoms with van der Waals surface area (Å²) in [5.41, 5.74) is 0.773. The highest BCUT2D eigenvalue weighted by atomic mass is 32.1. The lowest BCUT2D eigenvalue weighted by Crippen LogP contribution is -2.49. The molecule has 2 aliphatic rings. The summed E-state index contributed by atoms with van der Waals surface area (Å²) >= 11 is 1.67. The number of hydrogen-bond donors (Lipinski definition) is 2. The summed E-state index contributed by atoms with van der Waals surface area (Å²) in [7, 11) is 1.78. The summed E-state index contributed by atoms with van der Waals surface area (Å²) in [4.78, 5) is 38.6. The van der Waals surface area contributed by atoms with Crippen LogP contribution in [0.25, 0.3) is 21.6 Å². The lowest BCUT2D eigenvalue weighted by molar-refractivity contribution is -0.135. The molecule has 0 bridgehead atoms. The first-order valence-corrected chi connectivity index (χ1v) is 12.2. The molecule has 2 saturated heterocycles. The highest BCUT2D eigenvalue weighted by molar-refractivity contribution is 7.18. The summed E-state index contributed by atoms with van der Waals surface area (Å²) < 4.78 is 5.55. The van der Waals surface area contributed by atoms with Crippen molar-refractivity contribution in [3.63, 3.8) is 0 Å². The number of carbonyl (C=O) groups excluding carboxylic acids is 1. The second-order valence-corrected chi connectivity index (χ2v) is 9.38. The Morgan fingerprint density at radius 3 is 2.53 bits per heavy atom. The van der Waals surface area contributed by atoms with E-state index in [0.29, 0.717) is 38.1 Å². The molecule has 0 saturated carbocycles. The van der Waals surface area contributed by atoms with Crippen molar-refractivity contribution < 1.29 is 14.6 Å². The highest BCUT2D eigenvalue weighted by Gasteiger charge is 2.23. The molecule has 5 rings (SSSR count). The maximum atomic E-state index is 11.7. The molecule has 1 amide bonds. The molecule has 11 nitrogen and oxygen atoms in total. The number of thiophene rings is 1. The Morgan fingerprint density at radius 2 is 1.85 bits per heavy atom. The average Bonchev–Trinajstić information content (AvgIpc) is 3.31. The van der Waals surface area contributed by atoms with Gasteiger partial charge >= 0.3 is 0 Å². The molecule has 0 spiro atoms. The predicted molar refractivity (Wildman–Crippen MR) is 130 cm³/mol. The van der Waals surface area contributed by atoms with E-state index in [2.05, 4.69) is 31.2 Å². The number of nitrogens with one attached hydrogen (secondary N) is 1. The van der Waals surface area contributed by atoms with Crippen LogP contribution in [-0.4, -0.2) is 107 Å². The zero-order chi connectivity index (χ0) is 23.5. The van der Waals surface area contributed by atoms with Crippen LogP contribution in [0.4, 0.5) is 11.8 Å². The third-order valence-electron chi connectivity index (χ3n) is 6.11. The molecule has 0 unspecified atom stereocenters. The number of aliphatic hydroxyl groups excluding tert-OH is 1. The molecule has 2 fully saturated rings. The Labute approximate surface area is 201 Å². The van der Waals surface area contributed by atoms with E-state index in [1.54, 1.807) is 35.7 Å². The molecular weight excluding hydrogens is 456 g/mol. The lowest BCUT2D eigenvalue weighted by atomic mass is 10.2. The van der Waals surface area contributed by atoms with E-state index in [1.807, 2.05) is 0 Å². The fourth-order valence-electron chi connectivity index (χ4n) is 4.23. The summed E-state index contributed by atoms with van der Waals surface area (Å²) in [5, 5.41) is 13.1. The number of amides is 1. The van der Waals surface area contributed by atoms with E-state index in [0.717, 1.165) is 54.3 Å². The normalized spacial score (nSPS) is 17.4. The fourth-order valence-corrected chi connectivity index (χ4v) is 5.29. The smallest absolute Gasteiger partial charge is 0.248 e. The Hall–Kier alpha value is -2.93. The maximum Gasteiger partial charge on any atom is 0.248 e. The summed E-state index contributed by atoms with van der Waals surface area (Å²) in [6.07, 6.45) is 3.48. The molecule has 2 N–H and O–H groups in total. The van der Waals surface area contributed by atoms with Crippen molar-refractivity contribution in [1.29, 1.82) is 0 Å². The van der Waals surface area contributed by atoms with E-state index in [-0.39, 0.29) is 5.91 Å². The molecule has 2 aliphatic heterocycles. The van der Waals surface area contributed by atoms with Gasteiger partial charge in [-0.3, -0.25) is 9.69 Å². The number of rotatable bonds is 6. The number of ether oxygens (including phenoxy) is 1. The summed E-state index contributed by atoms with van der Waals surface area (Å²) in [6, 6.07) is 2.19. The van der Waals surface area contributed by atoms with Gasteiger partial charge in [-0.2, -0.15) is 0 Å². The van der Waals surface area contributed by atoms with Gasteiger partial charge in [0.1, 0.15) is 17.3 Å². The van der Waals surface area contributed by atoms with Crippen LogP contribution in [0.3, 0.4) is 0 Å². The van der Waals surface area contributed by atoms with Crippen LogP contribution in [0.5, 0.6) is 0 Å². The number of aliphatic hydroxyl groups is 1. The number of piperazine rings is 1. The minimum atomic E-state index is -0.426. The van der Waals surface area contributed by atoms with Gasteiger partial charge in [-0.05, 0) is 6.07 Å². The van der Waals surface area contributed by atoms with Crippen molar-refractivity contribution in [2.24, 2.45) is 0 Å². The zero-order valence-electron chi connectivity index (χ0n) is 19.1. The van der Waals surface area contributed by atoms with Gasteiger partial charge in [0.05, 0.1) is 24.2 Å². The van der Waals surface area contributed by atoms with Gasteiger partial charge in [-0.15, -0.1) is 11.3 Å². The van der Waals surface area contributed by atoms with E-state index in [1.165, 1.54) is 4.88 Å². The minimum Gasteiger partial charge on any atom is -0.387 e. The number of nitrogens with zero attached hydrogens (tertiary/aromatic N) is 7. The molecule has 0 aromatic carbocycles. The van der Waals surface area contributed by atoms with Gasteiger partial charge in [0.2, 0.25) is 11.9 Å². The van der Waals surface area contributed by atoms with E-state index in [9.17, 15) is 4.79 Å². The molecule has 34 heavy (non-hydrogen) atoms. The van der Waals surface area contributed by atoms with Crippen molar-refractivity contribution in [1.82, 2.24) is 29.7 Å². The number of fused-ring (bicyclic) bond motifs is 1. The van der Waals surface area contributed by atoms with Crippen molar-refractivity contribution in [2.75, 3.05) is 76.4 Å². The first kappa shape index (κ1) is 22.8. The van der Waals surface area contributed by atoms with Gasteiger partial charge in [-0.25, -0.2) is 19.9 Å². The molecule has 12 heteroatoms. The lowest BCUT2D eigenvalue weighted by Gasteiger charge is -2.34. The molecule has 180 valence electrons. The molecular formula is C22H28N8O3S. The molecule has 0 aliphatic carbocycles. The Morgan fingerprint density at radius 1 is 1.12 bits per heavy atom. The second-order valence-electron chi connectivity index (χ2n) is 8.26. The van der Waals surface area contributed by atoms with Gasteiger partial charge in [0.25, 0.3) is 0 Å². The van der Waals surface area contributed by atoms with Crippen molar-refractivity contribution >= 4 is 39.2 Å². The molecule has 3 aromatic heterocycles. The number of carbonyl (C=O) groups is 1. The fraction of sp³-hybridized carbons (Fsp3) is 0.500. The Balaban J connectivity index is 1.43. The highest BCUT2D eigenvalue weighted by Crippen LogP contribution is 2.34. The van der Waals surface area contributed by atoms with Crippen molar-refractivity contribution in [3.8, 4) is 11.4 Å². The van der Waals surface area contributed by atoms with E-state index < -0.39 is 6.61 Å². The van der Waals surface area contributed by atoms with Gasteiger partial charge in [0.15, 0.2) is 5.82 Å². The zero-order valence-corrected chi connectivity index (χ0v) is 19.9. The predicted octanol–water partition coefficient (Wildman–Crippen LogP) is 0.663. The van der Waals surface area contributed by atoms with Crippen LogP contribution in [-0.2, 0) is 16.1 Å². The third kappa shape index (κ3) is 4.80. The molecule has 0 radical (unpaired) electrons. The SMILES string of the molecule is CNc1ncc(-c2nc(N3CCOCC3)c3cc(CN4CCN(C(=O)CO)CC4)sc3n2)cn1. The van der Waals surface area contributed by atoms with Gasteiger partial charge < -0.3 is 25.0 Å². The quantitative estimate of drug-likeness (QED) is 0.516. The largest absolute Gasteiger partial charge is 0.387 e. The summed E-state index contributed by atoms with van der Waals surface area (Å²) in [6.45, 7) is 6.11. The number of morpholine rings is 1. The average molecular weight is 485 g/mol.